The lowest BCUT2D eigenvalue weighted by Crippen LogP contribution is -2.26. The maximum Gasteiger partial charge on any atom is 0.0348 e. The maximum atomic E-state index is 11.9. The van der Waals surface area contributed by atoms with Crippen LogP contribution in [-0.2, 0) is 0 Å². The molecular formula is C8H17FN2. The maximum absolute atomic E-state index is 11.9. The van der Waals surface area contributed by atoms with E-state index in [1.54, 1.807) is 12.5 Å². The number of nitrogens with one attached hydrogen (secondary N) is 2. The van der Waals surface area contributed by atoms with Crippen LogP contribution < -0.4 is 5.54 Å². The molecule has 0 saturated heterocycles. The molecule has 0 amide bonds. The molecular weight excluding hydrogens is 143 g/mol. The van der Waals surface area contributed by atoms with Gasteiger partial charge in [-0.3, -0.25) is 0 Å². The molecule has 1 unspecified atom stereocenters. The summed E-state index contributed by atoms with van der Waals surface area (Å²) in [5.74, 6) is 0. The van der Waals surface area contributed by atoms with E-state index in [-0.39, 0.29) is 11.5 Å². The van der Waals surface area contributed by atoms with Crippen molar-refractivity contribution in [3.05, 3.63) is 0 Å². The highest BCUT2D eigenvalue weighted by Gasteiger charge is 2.19. The van der Waals surface area contributed by atoms with Gasteiger partial charge in [-0.05, 0) is 31.4 Å². The van der Waals surface area contributed by atoms with Crippen LogP contribution in [0.5, 0.6) is 0 Å². The van der Waals surface area contributed by atoms with Crippen LogP contribution in [0.1, 0.15) is 33.6 Å². The minimum Gasteiger partial charge on any atom is -0.313 e. The second-order valence-electron chi connectivity index (χ2n) is 3.79. The van der Waals surface area contributed by atoms with E-state index < -0.39 is 0 Å². The summed E-state index contributed by atoms with van der Waals surface area (Å²) in [6, 6.07) is -0.120. The molecule has 0 aliphatic carbocycles. The van der Waals surface area contributed by atoms with Gasteiger partial charge >= 0.3 is 0 Å². The summed E-state index contributed by atoms with van der Waals surface area (Å²) in [6.07, 6.45) is 2.84. The van der Waals surface area contributed by atoms with Gasteiger partial charge in [0.15, 0.2) is 0 Å². The van der Waals surface area contributed by atoms with Crippen LogP contribution in [0.25, 0.3) is 0 Å². The van der Waals surface area contributed by atoms with Gasteiger partial charge in [0.2, 0.25) is 0 Å². The van der Waals surface area contributed by atoms with E-state index in [9.17, 15) is 4.48 Å². The Hall–Kier alpha value is -0.440. The van der Waals surface area contributed by atoms with Gasteiger partial charge in [0.05, 0.1) is 0 Å². The minimum atomic E-state index is -0.120. The molecule has 0 aliphatic heterocycles. The largest absolute Gasteiger partial charge is 0.313 e. The summed E-state index contributed by atoms with van der Waals surface area (Å²) >= 11 is 0. The monoisotopic (exact) mass is 160 g/mol. The minimum absolute atomic E-state index is 0.0280. The van der Waals surface area contributed by atoms with Crippen LogP contribution in [0.15, 0.2) is 0 Å². The van der Waals surface area contributed by atoms with Crippen molar-refractivity contribution >= 4 is 6.21 Å². The molecule has 0 radical (unpaired) electrons. The molecule has 0 spiro atoms. The van der Waals surface area contributed by atoms with Gasteiger partial charge in [0.25, 0.3) is 0 Å². The van der Waals surface area contributed by atoms with Crippen LogP contribution in [-0.4, -0.2) is 12.3 Å². The van der Waals surface area contributed by atoms with Crippen molar-refractivity contribution in [2.75, 3.05) is 0 Å². The Kier molecular flexibility index (Phi) is 4.26. The van der Waals surface area contributed by atoms with Gasteiger partial charge in [-0.1, -0.05) is 13.8 Å². The highest BCUT2D eigenvalue weighted by molar-refractivity contribution is 5.53. The zero-order valence-corrected chi connectivity index (χ0v) is 7.45. The summed E-state index contributed by atoms with van der Waals surface area (Å²) in [6.45, 7) is 5.86. The fraction of sp³-hybridized carbons (Fsp3) is 0.875. The first-order valence-corrected chi connectivity index (χ1v) is 3.87. The molecule has 0 rings (SSSR count). The van der Waals surface area contributed by atoms with E-state index in [0.717, 1.165) is 6.42 Å². The first-order valence-electron chi connectivity index (χ1n) is 3.87. The van der Waals surface area contributed by atoms with E-state index in [0.29, 0.717) is 6.42 Å². The number of rotatable bonds is 5. The average molecular weight is 160 g/mol. The summed E-state index contributed by atoms with van der Waals surface area (Å²) in [5.41, 5.74) is 1.73. The predicted molar refractivity (Wildman–Crippen MR) is 45.5 cm³/mol. The lowest BCUT2D eigenvalue weighted by atomic mass is 9.84. The number of hydrogen-bond donors (Lipinski definition) is 2. The highest BCUT2D eigenvalue weighted by Crippen LogP contribution is 2.25. The van der Waals surface area contributed by atoms with E-state index >= 15 is 0 Å². The molecule has 2 nitrogen and oxygen atoms in total. The zero-order valence-electron chi connectivity index (χ0n) is 7.45. The van der Waals surface area contributed by atoms with E-state index in [2.05, 4.69) is 0 Å². The highest BCUT2D eigenvalue weighted by atomic mass is 19.2. The molecule has 3 heteroatoms. The van der Waals surface area contributed by atoms with Crippen molar-refractivity contribution in [3.63, 3.8) is 0 Å². The van der Waals surface area contributed by atoms with E-state index in [1.807, 2.05) is 13.8 Å². The lowest BCUT2D eigenvalue weighted by Gasteiger charge is -2.24. The molecule has 0 saturated carbocycles. The van der Waals surface area contributed by atoms with Gasteiger partial charge in [0, 0.05) is 6.04 Å². The Morgan fingerprint density at radius 1 is 1.64 bits per heavy atom. The van der Waals surface area contributed by atoms with Crippen LogP contribution in [0, 0.1) is 10.8 Å². The first kappa shape index (κ1) is 10.6. The van der Waals surface area contributed by atoms with Crippen molar-refractivity contribution in [1.82, 2.24) is 5.54 Å². The quantitative estimate of drug-likeness (QED) is 0.470. The molecule has 2 N–H and O–H groups in total. The molecule has 0 bridgehead atoms. The van der Waals surface area contributed by atoms with E-state index in [1.165, 1.54) is 6.21 Å². The third-order valence-corrected chi connectivity index (χ3v) is 1.70. The fourth-order valence-corrected chi connectivity index (χ4v) is 1.23. The van der Waals surface area contributed by atoms with Crippen molar-refractivity contribution in [3.8, 4) is 0 Å². The summed E-state index contributed by atoms with van der Waals surface area (Å²) < 4.78 is 11.9. The summed E-state index contributed by atoms with van der Waals surface area (Å²) in [4.78, 5) is 0. The SMILES string of the molecule is CC(CC(C)(C)CC=N)NF. The van der Waals surface area contributed by atoms with Gasteiger partial charge in [0.1, 0.15) is 0 Å². The van der Waals surface area contributed by atoms with Gasteiger partial charge < -0.3 is 5.41 Å². The topological polar surface area (TPSA) is 35.9 Å². The predicted octanol–water partition coefficient (Wildman–Crippen LogP) is 2.30. The fourth-order valence-electron chi connectivity index (χ4n) is 1.23. The van der Waals surface area contributed by atoms with Crippen molar-refractivity contribution in [2.45, 2.75) is 39.7 Å². The molecule has 66 valence electrons. The molecule has 1 atom stereocenters. The Morgan fingerprint density at radius 3 is 2.55 bits per heavy atom. The first-order chi connectivity index (χ1) is 5.02. The summed E-state index contributed by atoms with van der Waals surface area (Å²) in [5, 5.41) is 6.92. The van der Waals surface area contributed by atoms with Gasteiger partial charge in [-0.25, -0.2) is 0 Å². The zero-order chi connectivity index (χ0) is 8.91. The smallest absolute Gasteiger partial charge is 0.0348 e. The third kappa shape index (κ3) is 4.90. The van der Waals surface area contributed by atoms with Crippen LogP contribution in [0.3, 0.4) is 0 Å². The molecule has 0 aromatic heterocycles. The number of hydrogen-bond acceptors (Lipinski definition) is 2. The second-order valence-corrected chi connectivity index (χ2v) is 3.79. The standard InChI is InChI=1S/C8H17FN2/c1-7(11-9)6-8(2,3)4-5-10/h5,7,10-11H,4,6H2,1-3H3. The molecule has 0 fully saturated rings. The van der Waals surface area contributed by atoms with Crippen LogP contribution >= 0.6 is 0 Å². The summed E-state index contributed by atoms with van der Waals surface area (Å²) in [7, 11) is 0. The molecule has 11 heavy (non-hydrogen) atoms. The second kappa shape index (κ2) is 4.44. The normalized spacial score (nSPS) is 14.5. The Balaban J connectivity index is 3.79. The van der Waals surface area contributed by atoms with E-state index in [4.69, 9.17) is 5.41 Å². The molecule has 0 heterocycles. The molecule has 0 aliphatic rings. The van der Waals surface area contributed by atoms with Crippen molar-refractivity contribution < 1.29 is 4.48 Å². The lowest BCUT2D eigenvalue weighted by molar-refractivity contribution is 0.215. The molecule has 0 aromatic carbocycles. The van der Waals surface area contributed by atoms with Crippen LogP contribution in [0.2, 0.25) is 0 Å². The Morgan fingerprint density at radius 2 is 2.18 bits per heavy atom. The average Bonchev–Trinajstić information content (AvgIpc) is 1.86. The van der Waals surface area contributed by atoms with Crippen molar-refractivity contribution in [1.29, 1.82) is 5.41 Å². The van der Waals surface area contributed by atoms with Crippen molar-refractivity contribution in [2.24, 2.45) is 5.41 Å². The Bertz CT molecular complexity index is 123. The van der Waals surface area contributed by atoms with Gasteiger partial charge in [-0.2, -0.15) is 5.54 Å². The molecule has 0 aromatic rings. The van der Waals surface area contributed by atoms with Crippen LogP contribution in [0.4, 0.5) is 4.48 Å². The van der Waals surface area contributed by atoms with Gasteiger partial charge in [-0.15, -0.1) is 4.48 Å². The third-order valence-electron chi connectivity index (χ3n) is 1.70. The number of halogens is 1. The Labute approximate surface area is 67.6 Å².